The van der Waals surface area contributed by atoms with Crippen molar-refractivity contribution >= 4 is 6.29 Å². The Labute approximate surface area is 58.1 Å². The fourth-order valence-electron chi connectivity index (χ4n) is 0.442. The monoisotopic (exact) mass is 149 g/mol. The van der Waals surface area contributed by atoms with Gasteiger partial charge in [0, 0.05) is 0 Å². The first kappa shape index (κ1) is 9.51. The third-order valence-electron chi connectivity index (χ3n) is 1.14. The smallest absolute Gasteiger partial charge is 0.151 e. The minimum Gasteiger partial charge on any atom is -0.395 e. The van der Waals surface area contributed by atoms with Gasteiger partial charge in [0.1, 0.15) is 12.2 Å². The molecular formula is C5H11NO4. The molecule has 0 spiro atoms. The number of carbonyl (C=O) groups is 1. The van der Waals surface area contributed by atoms with E-state index in [0.29, 0.717) is 0 Å². The van der Waals surface area contributed by atoms with E-state index in [9.17, 15) is 4.79 Å². The molecule has 0 heterocycles. The van der Waals surface area contributed by atoms with Crippen LogP contribution in [0.3, 0.4) is 0 Å². The lowest BCUT2D eigenvalue weighted by Gasteiger charge is -2.17. The van der Waals surface area contributed by atoms with Gasteiger partial charge in [-0.25, -0.2) is 0 Å². The van der Waals surface area contributed by atoms with Crippen molar-refractivity contribution in [1.82, 2.24) is 0 Å². The van der Waals surface area contributed by atoms with Crippen LogP contribution in [0.1, 0.15) is 0 Å². The molecule has 0 amide bonds. The lowest BCUT2D eigenvalue weighted by molar-refractivity contribution is -0.121. The Balaban J connectivity index is 3.80. The van der Waals surface area contributed by atoms with Crippen LogP contribution >= 0.6 is 0 Å². The molecule has 0 bridgehead atoms. The largest absolute Gasteiger partial charge is 0.395 e. The summed E-state index contributed by atoms with van der Waals surface area (Å²) in [7, 11) is 0. The van der Waals surface area contributed by atoms with E-state index in [0.717, 1.165) is 0 Å². The molecule has 0 aliphatic carbocycles. The third-order valence-corrected chi connectivity index (χ3v) is 1.14. The number of aldehydes is 1. The molecule has 0 aromatic heterocycles. The second-order valence-corrected chi connectivity index (χ2v) is 1.96. The Hall–Kier alpha value is -0.490. The third kappa shape index (κ3) is 2.40. The maximum Gasteiger partial charge on any atom is 0.151 e. The zero-order valence-electron chi connectivity index (χ0n) is 5.34. The number of rotatable bonds is 4. The van der Waals surface area contributed by atoms with E-state index in [1.165, 1.54) is 0 Å². The number of nitrogens with two attached hydrogens (primary N) is 1. The van der Waals surface area contributed by atoms with Gasteiger partial charge >= 0.3 is 0 Å². The molecule has 0 saturated carbocycles. The van der Waals surface area contributed by atoms with Crippen molar-refractivity contribution in [3.8, 4) is 0 Å². The van der Waals surface area contributed by atoms with E-state index in [-0.39, 0.29) is 6.29 Å². The van der Waals surface area contributed by atoms with Crippen LogP contribution in [0, 0.1) is 0 Å². The highest BCUT2D eigenvalue weighted by Gasteiger charge is 2.21. The van der Waals surface area contributed by atoms with Crippen LogP contribution in [0.15, 0.2) is 0 Å². The lowest BCUT2D eigenvalue weighted by Crippen LogP contribution is -2.45. The SMILES string of the molecule is N[C@@H](CO)[C@H](O)[C@H](O)C=O. The highest BCUT2D eigenvalue weighted by atomic mass is 16.3. The predicted molar refractivity (Wildman–Crippen MR) is 33.1 cm³/mol. The maximum atomic E-state index is 9.82. The Morgan fingerprint density at radius 1 is 1.50 bits per heavy atom. The van der Waals surface area contributed by atoms with E-state index < -0.39 is 24.9 Å². The van der Waals surface area contributed by atoms with Crippen molar-refractivity contribution in [2.45, 2.75) is 18.2 Å². The summed E-state index contributed by atoms with van der Waals surface area (Å²) in [6.45, 7) is -0.466. The fraction of sp³-hybridized carbons (Fsp3) is 0.800. The molecule has 0 saturated heterocycles. The first-order valence-corrected chi connectivity index (χ1v) is 2.81. The van der Waals surface area contributed by atoms with Gasteiger partial charge in [-0.3, -0.25) is 0 Å². The molecule has 5 heteroatoms. The van der Waals surface area contributed by atoms with Crippen LogP contribution in [0.25, 0.3) is 0 Å². The molecule has 5 N–H and O–H groups in total. The molecule has 0 aromatic carbocycles. The summed E-state index contributed by atoms with van der Waals surface area (Å²) in [4.78, 5) is 9.82. The molecule has 0 aliphatic rings. The van der Waals surface area contributed by atoms with Crippen LogP contribution in [-0.4, -0.2) is 46.5 Å². The zero-order valence-corrected chi connectivity index (χ0v) is 5.34. The fourth-order valence-corrected chi connectivity index (χ4v) is 0.442. The van der Waals surface area contributed by atoms with Gasteiger partial charge in [-0.1, -0.05) is 0 Å². The van der Waals surface area contributed by atoms with Crippen LogP contribution in [0.4, 0.5) is 0 Å². The summed E-state index contributed by atoms with van der Waals surface area (Å²) in [6, 6.07) is -0.972. The van der Waals surface area contributed by atoms with Crippen LogP contribution in [0.2, 0.25) is 0 Å². The Morgan fingerprint density at radius 3 is 2.30 bits per heavy atom. The van der Waals surface area contributed by atoms with Gasteiger partial charge in [0.25, 0.3) is 0 Å². The normalized spacial score (nSPS) is 19.6. The Kier molecular flexibility index (Phi) is 4.13. The lowest BCUT2D eigenvalue weighted by atomic mass is 10.1. The highest BCUT2D eigenvalue weighted by Crippen LogP contribution is 1.93. The molecule has 3 atom stereocenters. The van der Waals surface area contributed by atoms with Gasteiger partial charge < -0.3 is 25.8 Å². The van der Waals surface area contributed by atoms with Crippen molar-refractivity contribution in [1.29, 1.82) is 0 Å². The summed E-state index contributed by atoms with van der Waals surface area (Å²) in [5, 5.41) is 25.8. The minimum atomic E-state index is -1.51. The number of carbonyl (C=O) groups excluding carboxylic acids is 1. The molecule has 0 rings (SSSR count). The van der Waals surface area contributed by atoms with Crippen molar-refractivity contribution in [2.75, 3.05) is 6.61 Å². The highest BCUT2D eigenvalue weighted by molar-refractivity contribution is 5.56. The van der Waals surface area contributed by atoms with E-state index in [1.807, 2.05) is 0 Å². The van der Waals surface area contributed by atoms with Gasteiger partial charge in [-0.2, -0.15) is 0 Å². The molecule has 0 aliphatic heterocycles. The van der Waals surface area contributed by atoms with Gasteiger partial charge in [-0.15, -0.1) is 0 Å². The van der Waals surface area contributed by atoms with E-state index >= 15 is 0 Å². The van der Waals surface area contributed by atoms with Crippen LogP contribution < -0.4 is 5.73 Å². The van der Waals surface area contributed by atoms with Gasteiger partial charge in [0.05, 0.1) is 12.6 Å². The second-order valence-electron chi connectivity index (χ2n) is 1.96. The number of hydrogen-bond donors (Lipinski definition) is 4. The molecular weight excluding hydrogens is 138 g/mol. The van der Waals surface area contributed by atoms with Gasteiger partial charge in [0.15, 0.2) is 6.29 Å². The first-order chi connectivity index (χ1) is 4.63. The second kappa shape index (κ2) is 4.35. The van der Waals surface area contributed by atoms with Crippen molar-refractivity contribution in [3.63, 3.8) is 0 Å². The zero-order chi connectivity index (χ0) is 8.15. The van der Waals surface area contributed by atoms with Crippen molar-refractivity contribution in [2.24, 2.45) is 5.73 Å². The number of hydrogen-bond acceptors (Lipinski definition) is 5. The molecule has 0 radical (unpaired) electrons. The van der Waals surface area contributed by atoms with E-state index in [1.54, 1.807) is 0 Å². The quantitative estimate of drug-likeness (QED) is 0.324. The summed E-state index contributed by atoms with van der Waals surface area (Å²) >= 11 is 0. The molecule has 5 nitrogen and oxygen atoms in total. The summed E-state index contributed by atoms with van der Waals surface area (Å²) in [5.74, 6) is 0. The molecule has 0 aromatic rings. The van der Waals surface area contributed by atoms with Crippen molar-refractivity contribution < 1.29 is 20.1 Å². The maximum absolute atomic E-state index is 9.82. The van der Waals surface area contributed by atoms with E-state index in [4.69, 9.17) is 21.1 Å². The van der Waals surface area contributed by atoms with E-state index in [2.05, 4.69) is 0 Å². The molecule has 10 heavy (non-hydrogen) atoms. The van der Waals surface area contributed by atoms with Crippen molar-refractivity contribution in [3.05, 3.63) is 0 Å². The predicted octanol–water partition coefficient (Wildman–Crippen LogP) is -2.77. The minimum absolute atomic E-state index is 0.167. The van der Waals surface area contributed by atoms with Crippen LogP contribution in [0.5, 0.6) is 0 Å². The molecule has 60 valence electrons. The molecule has 0 unspecified atom stereocenters. The average molecular weight is 149 g/mol. The summed E-state index contributed by atoms with van der Waals surface area (Å²) in [5.41, 5.74) is 5.07. The van der Waals surface area contributed by atoms with Crippen LogP contribution in [-0.2, 0) is 4.79 Å². The summed E-state index contributed by atoms with van der Waals surface area (Å²) < 4.78 is 0. The number of aliphatic hydroxyl groups is 3. The Morgan fingerprint density at radius 2 is 2.00 bits per heavy atom. The van der Waals surface area contributed by atoms with Gasteiger partial charge in [-0.05, 0) is 0 Å². The molecule has 0 fully saturated rings. The van der Waals surface area contributed by atoms with Gasteiger partial charge in [0.2, 0.25) is 0 Å². The Bertz CT molecular complexity index is 108. The average Bonchev–Trinajstić information content (AvgIpc) is 2.00. The standard InChI is InChI=1S/C5H11NO4/c6-3(1-7)5(10)4(9)2-8/h2-5,7,9-10H,1,6H2/t3-,4+,5-/m0/s1. The number of aliphatic hydroxyl groups excluding tert-OH is 3. The summed E-state index contributed by atoms with van der Waals surface area (Å²) in [6.07, 6.45) is -2.73. The first-order valence-electron chi connectivity index (χ1n) is 2.81. The topological polar surface area (TPSA) is 104 Å².